The molecule has 10 heteroatoms. The second kappa shape index (κ2) is 29.4. The first-order chi connectivity index (χ1) is 24.6. The van der Waals surface area contributed by atoms with Crippen LogP contribution in [0.1, 0.15) is 194 Å². The summed E-state index contributed by atoms with van der Waals surface area (Å²) < 4.78 is 5.51. The van der Waals surface area contributed by atoms with Gasteiger partial charge in [-0.2, -0.15) is 0 Å². The first-order valence-corrected chi connectivity index (χ1v) is 21.0. The number of unbranched alkanes of at least 4 members (excludes halogenated alkanes) is 24. The zero-order valence-electron chi connectivity index (χ0n) is 32.4. The largest absolute Gasteiger partial charge is 0.394 e. The van der Waals surface area contributed by atoms with Crippen molar-refractivity contribution in [3.8, 4) is 0 Å². The van der Waals surface area contributed by atoms with E-state index in [2.05, 4.69) is 13.8 Å². The maximum absolute atomic E-state index is 13.6. The highest BCUT2D eigenvalue weighted by molar-refractivity contribution is 5.91. The SMILES string of the molecule is CCCCCCCCCCCCCCCC(=O)C(O)C(O)C(O)(C(=O)CCCCCCCCCCCCCCC)C1O[C@H](CO)[C@@H](O)[C@H](O)[C@H]1O. The van der Waals surface area contributed by atoms with E-state index in [1.807, 2.05) is 0 Å². The molecule has 302 valence electrons. The van der Waals surface area contributed by atoms with Crippen LogP contribution in [-0.4, -0.2) is 102 Å². The van der Waals surface area contributed by atoms with E-state index >= 15 is 0 Å². The van der Waals surface area contributed by atoms with Gasteiger partial charge in [0.2, 0.25) is 0 Å². The summed E-state index contributed by atoms with van der Waals surface area (Å²) in [5, 5.41) is 75.1. The van der Waals surface area contributed by atoms with Gasteiger partial charge in [0.1, 0.15) is 42.7 Å². The number of hydrogen-bond acceptors (Lipinski definition) is 10. The van der Waals surface area contributed by atoms with Gasteiger partial charge in [0.15, 0.2) is 17.2 Å². The number of hydrogen-bond donors (Lipinski definition) is 7. The molecule has 8 atom stereocenters. The Hall–Kier alpha value is -0.980. The average Bonchev–Trinajstić information content (AvgIpc) is 3.13. The van der Waals surface area contributed by atoms with Crippen LogP contribution in [0.15, 0.2) is 0 Å². The van der Waals surface area contributed by atoms with Gasteiger partial charge in [0.05, 0.1) is 6.61 Å². The third-order valence-electron chi connectivity index (χ3n) is 10.9. The van der Waals surface area contributed by atoms with Crippen LogP contribution in [0.3, 0.4) is 0 Å². The van der Waals surface area contributed by atoms with Crippen molar-refractivity contribution >= 4 is 11.6 Å². The number of ether oxygens (including phenoxy) is 1. The Kier molecular flexibility index (Phi) is 27.7. The molecule has 0 spiro atoms. The summed E-state index contributed by atoms with van der Waals surface area (Å²) >= 11 is 0. The number of carbonyl (C=O) groups excluding carboxylic acids is 2. The fourth-order valence-corrected chi connectivity index (χ4v) is 7.34. The molecule has 1 saturated heterocycles. The summed E-state index contributed by atoms with van der Waals surface area (Å²) in [6, 6.07) is 0. The van der Waals surface area contributed by atoms with E-state index < -0.39 is 66.5 Å². The maximum atomic E-state index is 13.6. The topological polar surface area (TPSA) is 185 Å². The molecule has 0 aromatic heterocycles. The van der Waals surface area contributed by atoms with Gasteiger partial charge >= 0.3 is 0 Å². The molecule has 0 aliphatic carbocycles. The summed E-state index contributed by atoms with van der Waals surface area (Å²) in [5.41, 5.74) is -2.98. The van der Waals surface area contributed by atoms with Crippen LogP contribution in [0.25, 0.3) is 0 Å². The normalized spacial score (nSPS) is 23.2. The van der Waals surface area contributed by atoms with Crippen molar-refractivity contribution in [1.82, 2.24) is 0 Å². The molecule has 1 rings (SSSR count). The van der Waals surface area contributed by atoms with Gasteiger partial charge in [0, 0.05) is 12.8 Å². The zero-order chi connectivity index (χ0) is 37.9. The van der Waals surface area contributed by atoms with Gasteiger partial charge in [-0.05, 0) is 12.8 Å². The minimum Gasteiger partial charge on any atom is -0.394 e. The van der Waals surface area contributed by atoms with Gasteiger partial charge in [0.25, 0.3) is 0 Å². The highest BCUT2D eigenvalue weighted by atomic mass is 16.6. The van der Waals surface area contributed by atoms with Crippen LogP contribution < -0.4 is 0 Å². The van der Waals surface area contributed by atoms with E-state index in [1.54, 1.807) is 0 Å². The number of rotatable bonds is 34. The van der Waals surface area contributed by atoms with Crippen LogP contribution >= 0.6 is 0 Å². The number of aliphatic hydroxyl groups excluding tert-OH is 6. The highest BCUT2D eigenvalue weighted by Gasteiger charge is 2.60. The third kappa shape index (κ3) is 18.3. The van der Waals surface area contributed by atoms with E-state index in [4.69, 9.17) is 4.74 Å². The predicted octanol–water partition coefficient (Wildman–Crippen LogP) is 6.38. The Balaban J connectivity index is 2.63. The summed E-state index contributed by atoms with van der Waals surface area (Å²) in [7, 11) is 0. The second-order valence-electron chi connectivity index (χ2n) is 15.3. The minimum atomic E-state index is -2.98. The Morgan fingerprint density at radius 1 is 0.549 bits per heavy atom. The average molecular weight is 731 g/mol. The lowest BCUT2D eigenvalue weighted by Gasteiger charge is -2.48. The molecule has 0 aromatic rings. The maximum Gasteiger partial charge on any atom is 0.180 e. The number of Topliss-reactive ketones (excluding diaryl/α,β-unsaturated/α-hetero) is 2. The van der Waals surface area contributed by atoms with Gasteiger partial charge in [-0.3, -0.25) is 9.59 Å². The lowest BCUT2D eigenvalue weighted by molar-refractivity contribution is -0.282. The van der Waals surface area contributed by atoms with Crippen molar-refractivity contribution in [2.24, 2.45) is 0 Å². The number of carbonyl (C=O) groups is 2. The van der Waals surface area contributed by atoms with Crippen molar-refractivity contribution < 1.29 is 50.1 Å². The zero-order valence-corrected chi connectivity index (χ0v) is 32.4. The van der Waals surface area contributed by atoms with Crippen molar-refractivity contribution in [3.05, 3.63) is 0 Å². The first kappa shape index (κ1) is 48.0. The Bertz CT molecular complexity index is 869. The standard InChI is InChI=1S/C41H78O10/c1-3-5-7-9-11-13-15-17-19-21-23-25-27-29-32(43)35(45)39(49)41(50,40-38(48)37(47)36(46)33(31-42)51-40)34(44)30-28-26-24-22-20-18-16-14-12-10-8-6-4-2/h33,35-40,42,45-50H,3-31H2,1-2H3/t33-,35?,36-,37+,38-,39?,40?,41?/m1/s1. The van der Waals surface area contributed by atoms with E-state index in [0.29, 0.717) is 19.3 Å². The van der Waals surface area contributed by atoms with E-state index in [0.717, 1.165) is 44.9 Å². The van der Waals surface area contributed by atoms with Crippen molar-refractivity contribution in [2.75, 3.05) is 6.61 Å². The van der Waals surface area contributed by atoms with E-state index in [9.17, 15) is 45.3 Å². The smallest absolute Gasteiger partial charge is 0.180 e. The number of ketones is 2. The van der Waals surface area contributed by atoms with Gasteiger partial charge in [-0.1, -0.05) is 168 Å². The molecule has 10 nitrogen and oxygen atoms in total. The van der Waals surface area contributed by atoms with E-state index in [1.165, 1.54) is 103 Å². The quantitative estimate of drug-likeness (QED) is 0.0367. The molecule has 1 aliphatic heterocycles. The summed E-state index contributed by atoms with van der Waals surface area (Å²) in [4.78, 5) is 26.6. The summed E-state index contributed by atoms with van der Waals surface area (Å²) in [6.45, 7) is 3.63. The van der Waals surface area contributed by atoms with Crippen molar-refractivity contribution in [1.29, 1.82) is 0 Å². The molecule has 0 radical (unpaired) electrons. The van der Waals surface area contributed by atoms with Crippen molar-refractivity contribution in [2.45, 2.75) is 242 Å². The van der Waals surface area contributed by atoms with Crippen LogP contribution in [0.5, 0.6) is 0 Å². The highest BCUT2D eigenvalue weighted by Crippen LogP contribution is 2.34. The summed E-state index contributed by atoms with van der Waals surface area (Å²) in [6.07, 6.45) is 14.8. The Labute approximate surface area is 309 Å². The van der Waals surface area contributed by atoms with Crippen LogP contribution in [0.4, 0.5) is 0 Å². The van der Waals surface area contributed by atoms with Crippen LogP contribution in [0, 0.1) is 0 Å². The van der Waals surface area contributed by atoms with E-state index in [-0.39, 0.29) is 12.8 Å². The molecule has 1 fully saturated rings. The lowest BCUT2D eigenvalue weighted by Crippen LogP contribution is -2.72. The molecular weight excluding hydrogens is 652 g/mol. The molecule has 1 heterocycles. The number of aliphatic hydroxyl groups is 7. The van der Waals surface area contributed by atoms with Crippen LogP contribution in [0.2, 0.25) is 0 Å². The monoisotopic (exact) mass is 731 g/mol. The lowest BCUT2D eigenvalue weighted by atomic mass is 9.75. The van der Waals surface area contributed by atoms with Crippen LogP contribution in [-0.2, 0) is 14.3 Å². The van der Waals surface area contributed by atoms with Gasteiger partial charge in [-0.25, -0.2) is 0 Å². The molecule has 51 heavy (non-hydrogen) atoms. The second-order valence-corrected chi connectivity index (χ2v) is 15.3. The molecule has 7 N–H and O–H groups in total. The molecule has 0 aromatic carbocycles. The minimum absolute atomic E-state index is 0.0617. The van der Waals surface area contributed by atoms with Crippen molar-refractivity contribution in [3.63, 3.8) is 0 Å². The van der Waals surface area contributed by atoms with Gasteiger partial charge in [-0.15, -0.1) is 0 Å². The molecule has 1 aliphatic rings. The first-order valence-electron chi connectivity index (χ1n) is 21.0. The Morgan fingerprint density at radius 2 is 0.902 bits per heavy atom. The predicted molar refractivity (Wildman–Crippen MR) is 201 cm³/mol. The van der Waals surface area contributed by atoms with Gasteiger partial charge < -0.3 is 40.5 Å². The fourth-order valence-electron chi connectivity index (χ4n) is 7.34. The molecule has 0 amide bonds. The molecule has 0 saturated carbocycles. The molecule has 0 bridgehead atoms. The summed E-state index contributed by atoms with van der Waals surface area (Å²) in [5.74, 6) is -1.70. The Morgan fingerprint density at radius 3 is 1.27 bits per heavy atom. The molecular formula is C41H78O10. The molecule has 4 unspecified atom stereocenters. The third-order valence-corrected chi connectivity index (χ3v) is 10.9. The fraction of sp³-hybridized carbons (Fsp3) is 0.951.